The van der Waals surface area contributed by atoms with Crippen LogP contribution in [0.2, 0.25) is 5.02 Å². The smallest absolute Gasteiger partial charge is 0.230 e. The molecule has 2 aromatic rings. The summed E-state index contributed by atoms with van der Waals surface area (Å²) >= 11 is 7.47. The second-order valence-corrected chi connectivity index (χ2v) is 9.90. The number of aromatic nitrogens is 3. The number of likely N-dealkylation sites (tertiary alicyclic amines) is 2. The molecule has 3 heterocycles. The highest BCUT2D eigenvalue weighted by molar-refractivity contribution is 7.99. The van der Waals surface area contributed by atoms with Crippen LogP contribution in [0.15, 0.2) is 29.4 Å². The standard InChI is InChI=1S/C23H31ClN6O2S/c24-18-7-9-19(10-8-18)30-20(16-28-12-2-1-3-13-28)26-27-23(30)33-17-21(31)25-11-5-15-29-14-4-6-22(29)32/h7-10H,1-6,11-17H2,(H,25,31). The first kappa shape index (κ1) is 24.0. The molecule has 4 rings (SSSR count). The van der Waals surface area contributed by atoms with Gasteiger partial charge in [0.1, 0.15) is 0 Å². The predicted molar refractivity (Wildman–Crippen MR) is 130 cm³/mol. The Balaban J connectivity index is 1.34. The molecule has 0 bridgehead atoms. The molecule has 33 heavy (non-hydrogen) atoms. The van der Waals surface area contributed by atoms with E-state index in [1.54, 1.807) is 0 Å². The van der Waals surface area contributed by atoms with Gasteiger partial charge in [-0.25, -0.2) is 0 Å². The molecule has 2 saturated heterocycles. The molecule has 2 aliphatic heterocycles. The zero-order chi connectivity index (χ0) is 23.0. The topological polar surface area (TPSA) is 83.4 Å². The third-order valence-electron chi connectivity index (χ3n) is 6.03. The van der Waals surface area contributed by atoms with Crippen molar-refractivity contribution in [3.05, 3.63) is 35.1 Å². The van der Waals surface area contributed by atoms with Crippen LogP contribution in [0, 0.1) is 0 Å². The number of nitrogens with one attached hydrogen (secondary N) is 1. The summed E-state index contributed by atoms with van der Waals surface area (Å²) in [6.07, 6.45) is 6.06. The molecular formula is C23H31ClN6O2S. The van der Waals surface area contributed by atoms with Crippen LogP contribution in [0.25, 0.3) is 5.69 Å². The highest BCUT2D eigenvalue weighted by Crippen LogP contribution is 2.24. The van der Waals surface area contributed by atoms with E-state index in [1.807, 2.05) is 33.7 Å². The molecule has 0 atom stereocenters. The van der Waals surface area contributed by atoms with Gasteiger partial charge in [-0.15, -0.1) is 10.2 Å². The molecule has 178 valence electrons. The second kappa shape index (κ2) is 11.9. The van der Waals surface area contributed by atoms with E-state index >= 15 is 0 Å². The van der Waals surface area contributed by atoms with Crippen LogP contribution in [0.4, 0.5) is 0 Å². The zero-order valence-corrected chi connectivity index (χ0v) is 20.4. The van der Waals surface area contributed by atoms with Crippen LogP contribution < -0.4 is 5.32 Å². The molecule has 0 unspecified atom stereocenters. The van der Waals surface area contributed by atoms with E-state index in [-0.39, 0.29) is 17.6 Å². The van der Waals surface area contributed by atoms with E-state index in [0.717, 1.165) is 50.5 Å². The number of amides is 2. The maximum Gasteiger partial charge on any atom is 0.230 e. The molecule has 0 spiro atoms. The summed E-state index contributed by atoms with van der Waals surface area (Å²) < 4.78 is 2.03. The Morgan fingerprint density at radius 3 is 2.58 bits per heavy atom. The molecule has 8 nitrogen and oxygen atoms in total. The van der Waals surface area contributed by atoms with Crippen molar-refractivity contribution >= 4 is 35.2 Å². The lowest BCUT2D eigenvalue weighted by molar-refractivity contribution is -0.127. The van der Waals surface area contributed by atoms with Crippen LogP contribution in [0.3, 0.4) is 0 Å². The van der Waals surface area contributed by atoms with Crippen molar-refractivity contribution in [2.75, 3.05) is 38.5 Å². The van der Waals surface area contributed by atoms with Gasteiger partial charge in [0.25, 0.3) is 0 Å². The molecule has 10 heteroatoms. The number of carbonyl (C=O) groups excluding carboxylic acids is 2. The van der Waals surface area contributed by atoms with Crippen LogP contribution >= 0.6 is 23.4 Å². The first-order valence-electron chi connectivity index (χ1n) is 11.7. The Hall–Kier alpha value is -2.10. The van der Waals surface area contributed by atoms with E-state index in [0.29, 0.717) is 29.7 Å². The van der Waals surface area contributed by atoms with Gasteiger partial charge in [0.2, 0.25) is 11.8 Å². The molecule has 0 saturated carbocycles. The van der Waals surface area contributed by atoms with E-state index in [9.17, 15) is 9.59 Å². The average molecular weight is 491 g/mol. The lowest BCUT2D eigenvalue weighted by Gasteiger charge is -2.26. The molecule has 2 amide bonds. The summed E-state index contributed by atoms with van der Waals surface area (Å²) in [7, 11) is 0. The highest BCUT2D eigenvalue weighted by atomic mass is 35.5. The number of piperidine rings is 1. The van der Waals surface area contributed by atoms with Gasteiger partial charge in [-0.2, -0.15) is 0 Å². The fraction of sp³-hybridized carbons (Fsp3) is 0.565. The Kier molecular flexibility index (Phi) is 8.63. The van der Waals surface area contributed by atoms with Crippen molar-refractivity contribution in [3.8, 4) is 5.69 Å². The minimum atomic E-state index is -0.0454. The van der Waals surface area contributed by atoms with Gasteiger partial charge in [-0.05, 0) is 63.0 Å². The molecule has 0 aliphatic carbocycles. The number of hydrogen-bond acceptors (Lipinski definition) is 6. The summed E-state index contributed by atoms with van der Waals surface area (Å²) in [6, 6.07) is 7.62. The summed E-state index contributed by atoms with van der Waals surface area (Å²) in [5.41, 5.74) is 0.939. The maximum atomic E-state index is 12.4. The summed E-state index contributed by atoms with van der Waals surface area (Å²) in [5.74, 6) is 1.31. The molecular weight excluding hydrogens is 460 g/mol. The number of rotatable bonds is 10. The second-order valence-electron chi connectivity index (χ2n) is 8.52. The van der Waals surface area contributed by atoms with Gasteiger partial charge in [0, 0.05) is 36.8 Å². The van der Waals surface area contributed by atoms with Gasteiger partial charge < -0.3 is 10.2 Å². The quantitative estimate of drug-likeness (QED) is 0.407. The maximum absolute atomic E-state index is 12.4. The Morgan fingerprint density at radius 2 is 1.85 bits per heavy atom. The number of nitrogens with zero attached hydrogens (tertiary/aromatic N) is 5. The minimum Gasteiger partial charge on any atom is -0.355 e. The van der Waals surface area contributed by atoms with Crippen molar-refractivity contribution < 1.29 is 9.59 Å². The molecule has 1 N–H and O–H groups in total. The van der Waals surface area contributed by atoms with E-state index < -0.39 is 0 Å². The summed E-state index contributed by atoms with van der Waals surface area (Å²) in [6.45, 7) is 4.98. The number of benzene rings is 1. The van der Waals surface area contributed by atoms with Crippen molar-refractivity contribution in [1.29, 1.82) is 0 Å². The van der Waals surface area contributed by atoms with Gasteiger partial charge >= 0.3 is 0 Å². The molecule has 2 fully saturated rings. The Bertz CT molecular complexity index is 945. The fourth-order valence-electron chi connectivity index (χ4n) is 4.28. The first-order chi connectivity index (χ1) is 16.1. The highest BCUT2D eigenvalue weighted by Gasteiger charge is 2.20. The first-order valence-corrected chi connectivity index (χ1v) is 13.1. The zero-order valence-electron chi connectivity index (χ0n) is 18.8. The average Bonchev–Trinajstić information content (AvgIpc) is 3.42. The number of hydrogen-bond donors (Lipinski definition) is 1. The largest absolute Gasteiger partial charge is 0.355 e. The Labute approximate surface area is 204 Å². The number of halogens is 1. The van der Waals surface area contributed by atoms with Gasteiger partial charge in [0.05, 0.1) is 12.3 Å². The fourth-order valence-corrected chi connectivity index (χ4v) is 5.21. The van der Waals surface area contributed by atoms with Crippen molar-refractivity contribution in [2.45, 2.75) is 50.2 Å². The lowest BCUT2D eigenvalue weighted by atomic mass is 10.1. The molecule has 0 radical (unpaired) electrons. The molecule has 1 aromatic heterocycles. The summed E-state index contributed by atoms with van der Waals surface area (Å²) in [4.78, 5) is 28.3. The third-order valence-corrected chi connectivity index (χ3v) is 7.21. The Morgan fingerprint density at radius 1 is 1.06 bits per heavy atom. The van der Waals surface area contributed by atoms with E-state index in [2.05, 4.69) is 20.4 Å². The van der Waals surface area contributed by atoms with Crippen LogP contribution in [-0.2, 0) is 16.1 Å². The van der Waals surface area contributed by atoms with Crippen LogP contribution in [-0.4, -0.2) is 74.9 Å². The SMILES string of the molecule is O=C(CSc1nnc(CN2CCCCC2)n1-c1ccc(Cl)cc1)NCCCN1CCCC1=O. The molecule has 1 aromatic carbocycles. The third kappa shape index (κ3) is 6.71. The van der Waals surface area contributed by atoms with Crippen molar-refractivity contribution in [2.24, 2.45) is 0 Å². The minimum absolute atomic E-state index is 0.0454. The van der Waals surface area contributed by atoms with Crippen LogP contribution in [0.1, 0.15) is 44.3 Å². The molecule has 2 aliphatic rings. The number of thioether (sulfide) groups is 1. The summed E-state index contributed by atoms with van der Waals surface area (Å²) in [5, 5.41) is 13.2. The van der Waals surface area contributed by atoms with Gasteiger partial charge in [-0.3, -0.25) is 19.1 Å². The van der Waals surface area contributed by atoms with Crippen LogP contribution in [0.5, 0.6) is 0 Å². The monoisotopic (exact) mass is 490 g/mol. The lowest BCUT2D eigenvalue weighted by Crippen LogP contribution is -2.31. The van der Waals surface area contributed by atoms with Gasteiger partial charge in [0.15, 0.2) is 11.0 Å². The van der Waals surface area contributed by atoms with Gasteiger partial charge in [-0.1, -0.05) is 29.8 Å². The van der Waals surface area contributed by atoms with Crippen molar-refractivity contribution in [1.82, 2.24) is 29.9 Å². The van der Waals surface area contributed by atoms with E-state index in [4.69, 9.17) is 11.6 Å². The normalized spacial score (nSPS) is 17.0. The predicted octanol–water partition coefficient (Wildman–Crippen LogP) is 3.13. The van der Waals surface area contributed by atoms with E-state index in [1.165, 1.54) is 31.0 Å². The number of carbonyl (C=O) groups is 2. The van der Waals surface area contributed by atoms with Crippen molar-refractivity contribution in [3.63, 3.8) is 0 Å².